The van der Waals surface area contributed by atoms with E-state index >= 15 is 0 Å². The van der Waals surface area contributed by atoms with Gasteiger partial charge in [0.05, 0.1) is 68.9 Å². The second-order valence-electron chi connectivity index (χ2n) is 16.6. The van der Waals surface area contributed by atoms with Crippen LogP contribution in [0.3, 0.4) is 0 Å². The summed E-state index contributed by atoms with van der Waals surface area (Å²) in [5, 5.41) is 5.40. The van der Waals surface area contributed by atoms with Crippen LogP contribution in [0.4, 0.5) is 9.59 Å². The van der Waals surface area contributed by atoms with Crippen LogP contribution in [0.2, 0.25) is 0 Å². The molecule has 346 valence electrons. The Kier molecular flexibility index (Phi) is 16.3. The topological polar surface area (TPSA) is 212 Å². The molecule has 6 rings (SSSR count). The molecular weight excluding hydrogens is 825 g/mol. The molecule has 0 bridgehead atoms. The monoisotopic (exact) mass is 886 g/mol. The van der Waals surface area contributed by atoms with E-state index in [0.717, 1.165) is 47.2 Å². The molecule has 2 aromatic heterocycles. The summed E-state index contributed by atoms with van der Waals surface area (Å²) in [5.41, 5.74) is 4.71. The van der Waals surface area contributed by atoms with Crippen molar-refractivity contribution in [3.05, 3.63) is 60.4 Å². The minimum atomic E-state index is -0.748. The van der Waals surface area contributed by atoms with E-state index in [1.54, 1.807) is 36.4 Å². The fraction of sp³-hybridized carbons (Fsp3) is 0.522. The van der Waals surface area contributed by atoms with Crippen molar-refractivity contribution in [2.45, 2.75) is 77.5 Å². The van der Waals surface area contributed by atoms with E-state index in [1.165, 1.54) is 14.2 Å². The van der Waals surface area contributed by atoms with Gasteiger partial charge >= 0.3 is 12.2 Å². The Hall–Kier alpha value is -6.14. The number of nitrogens with zero attached hydrogens (tertiary/aromatic N) is 4. The first-order valence-corrected chi connectivity index (χ1v) is 21.8. The highest BCUT2D eigenvalue weighted by atomic mass is 16.5. The molecule has 0 spiro atoms. The smallest absolute Gasteiger partial charge is 0.407 e. The molecule has 18 heteroatoms. The Morgan fingerprint density at radius 2 is 1.06 bits per heavy atom. The molecule has 2 aliphatic heterocycles. The van der Waals surface area contributed by atoms with E-state index < -0.39 is 24.3 Å². The number of rotatable bonds is 19. The number of carbonyl (C=O) groups excluding carboxylic acids is 4. The minimum Gasteiger partial charge on any atom is -0.490 e. The van der Waals surface area contributed by atoms with Gasteiger partial charge in [0.15, 0.2) is 0 Å². The van der Waals surface area contributed by atoms with Crippen molar-refractivity contribution in [1.29, 1.82) is 0 Å². The number of nitrogens with one attached hydrogen (secondary N) is 4. The van der Waals surface area contributed by atoms with E-state index in [4.69, 9.17) is 38.4 Å². The lowest BCUT2D eigenvalue weighted by atomic mass is 9.98. The first-order chi connectivity index (χ1) is 30.9. The summed E-state index contributed by atoms with van der Waals surface area (Å²) >= 11 is 0. The summed E-state index contributed by atoms with van der Waals surface area (Å²) in [6, 6.07) is 9.79. The Balaban J connectivity index is 1.28. The van der Waals surface area contributed by atoms with E-state index in [-0.39, 0.29) is 48.9 Å². The summed E-state index contributed by atoms with van der Waals surface area (Å²) < 4.78 is 33.1. The largest absolute Gasteiger partial charge is 0.490 e. The number of methoxy groups -OCH3 is 4. The molecule has 0 radical (unpaired) electrons. The van der Waals surface area contributed by atoms with Crippen molar-refractivity contribution in [3.8, 4) is 45.1 Å². The number of aromatic nitrogens is 4. The van der Waals surface area contributed by atoms with E-state index in [0.29, 0.717) is 61.6 Å². The van der Waals surface area contributed by atoms with Gasteiger partial charge in [0.1, 0.15) is 48.4 Å². The van der Waals surface area contributed by atoms with Gasteiger partial charge in [0.2, 0.25) is 11.8 Å². The van der Waals surface area contributed by atoms with Gasteiger partial charge in [-0.2, -0.15) is 0 Å². The van der Waals surface area contributed by atoms with Gasteiger partial charge in [-0.15, -0.1) is 0 Å². The summed E-state index contributed by atoms with van der Waals surface area (Å²) in [5.74, 6) is 1.78. The average molecular weight is 887 g/mol. The second kappa shape index (κ2) is 22.0. The highest BCUT2D eigenvalue weighted by Gasteiger charge is 2.39. The third-order valence-corrected chi connectivity index (χ3v) is 11.6. The highest BCUT2D eigenvalue weighted by Crippen LogP contribution is 2.43. The van der Waals surface area contributed by atoms with Crippen molar-refractivity contribution >= 4 is 24.0 Å². The lowest BCUT2D eigenvalue weighted by Gasteiger charge is -2.30. The molecule has 2 saturated heterocycles. The lowest BCUT2D eigenvalue weighted by molar-refractivity contribution is -0.136. The quantitative estimate of drug-likeness (QED) is 0.0768. The van der Waals surface area contributed by atoms with Crippen LogP contribution in [0.5, 0.6) is 11.5 Å². The maximum absolute atomic E-state index is 13.8. The standard InChI is InChI=1S/C46H62N8O10/c1-27(2)39(51-45(57)61-7)43(55)53-17-9-11-34(53)41-47-25-32(49-41)29-13-15-30(16-14-29)38-36(63-21-19-59-5)23-31(24-37(38)64-22-20-60-6)33-26-48-42(50-33)35-12-10-18-54(35)44(56)40(28(3)4)52-46(58)62-8/h13-16,23-28,34-35,39-40H,9-12,17-22H2,1-8H3,(H,47,49)(H,48,50)(H,51,57)(H,52,58)/t34-,35-,39-,40-/m0/s1. The SMILES string of the molecule is COCCOc1cc(-c2cnc([C@@H]3CCCN3C(=O)[C@@H](NC(=O)OC)C(C)C)[nH]2)cc(OCCOC)c1-c1ccc(-c2cnc([C@@H]3CCCN3C(=O)[C@@H](NC(=O)OC)C(C)C)[nH]2)cc1. The van der Waals surface area contributed by atoms with Gasteiger partial charge < -0.3 is 58.8 Å². The van der Waals surface area contributed by atoms with Gasteiger partial charge in [-0.05, 0) is 60.8 Å². The van der Waals surface area contributed by atoms with Gasteiger partial charge in [-0.3, -0.25) is 9.59 Å². The van der Waals surface area contributed by atoms with Gasteiger partial charge in [-0.1, -0.05) is 52.0 Å². The van der Waals surface area contributed by atoms with Crippen molar-refractivity contribution in [2.75, 3.05) is 68.0 Å². The summed E-state index contributed by atoms with van der Waals surface area (Å²) in [7, 11) is 5.79. The van der Waals surface area contributed by atoms with Crippen LogP contribution in [0, 0.1) is 11.8 Å². The van der Waals surface area contributed by atoms with Crippen molar-refractivity contribution in [2.24, 2.45) is 11.8 Å². The molecule has 4 heterocycles. The Bertz CT molecular complexity index is 2170. The first-order valence-electron chi connectivity index (χ1n) is 21.8. The molecule has 4 N–H and O–H groups in total. The third kappa shape index (κ3) is 11.0. The number of alkyl carbamates (subject to hydrolysis) is 2. The van der Waals surface area contributed by atoms with Crippen molar-refractivity contribution in [3.63, 3.8) is 0 Å². The maximum Gasteiger partial charge on any atom is 0.407 e. The molecule has 2 aromatic carbocycles. The van der Waals surface area contributed by atoms with Gasteiger partial charge in [0.25, 0.3) is 0 Å². The molecule has 4 amide bonds. The molecule has 2 fully saturated rings. The van der Waals surface area contributed by atoms with Crippen LogP contribution < -0.4 is 20.1 Å². The number of hydrogen-bond donors (Lipinski definition) is 4. The van der Waals surface area contributed by atoms with Crippen LogP contribution >= 0.6 is 0 Å². The average Bonchev–Trinajstić information content (AvgIpc) is 4.14. The maximum atomic E-state index is 13.8. The predicted octanol–water partition coefficient (Wildman–Crippen LogP) is 6.27. The van der Waals surface area contributed by atoms with Crippen molar-refractivity contribution in [1.82, 2.24) is 40.4 Å². The van der Waals surface area contributed by atoms with Gasteiger partial charge in [0, 0.05) is 32.9 Å². The lowest BCUT2D eigenvalue weighted by Crippen LogP contribution is -2.51. The Morgan fingerprint density at radius 3 is 1.47 bits per heavy atom. The minimum absolute atomic E-state index is 0.140. The number of ether oxygens (including phenoxy) is 6. The zero-order chi connectivity index (χ0) is 45.9. The van der Waals surface area contributed by atoms with Gasteiger partial charge in [-0.25, -0.2) is 19.6 Å². The van der Waals surface area contributed by atoms with Crippen LogP contribution in [-0.2, 0) is 28.5 Å². The first kappa shape index (κ1) is 47.3. The number of H-pyrrole nitrogens is 2. The zero-order valence-corrected chi connectivity index (χ0v) is 38.0. The molecule has 0 aliphatic carbocycles. The molecule has 0 saturated carbocycles. The number of benzene rings is 2. The number of amides is 4. The second-order valence-corrected chi connectivity index (χ2v) is 16.6. The van der Waals surface area contributed by atoms with Crippen LogP contribution in [-0.4, -0.2) is 134 Å². The van der Waals surface area contributed by atoms with Crippen LogP contribution in [0.15, 0.2) is 48.8 Å². The zero-order valence-electron chi connectivity index (χ0n) is 38.0. The third-order valence-electron chi connectivity index (χ3n) is 11.6. The van der Waals surface area contributed by atoms with E-state index in [1.807, 2.05) is 64.1 Å². The molecule has 0 unspecified atom stereocenters. The van der Waals surface area contributed by atoms with Crippen LogP contribution in [0.25, 0.3) is 33.6 Å². The fourth-order valence-corrected chi connectivity index (χ4v) is 8.24. The number of aromatic amines is 2. The van der Waals surface area contributed by atoms with E-state index in [9.17, 15) is 19.2 Å². The molecule has 64 heavy (non-hydrogen) atoms. The Labute approximate surface area is 374 Å². The molecule has 2 aliphatic rings. The fourth-order valence-electron chi connectivity index (χ4n) is 8.24. The molecular formula is C46H62N8O10. The Morgan fingerprint density at radius 1 is 0.641 bits per heavy atom. The predicted molar refractivity (Wildman–Crippen MR) is 237 cm³/mol. The molecule has 4 atom stereocenters. The normalized spacial score (nSPS) is 17.1. The van der Waals surface area contributed by atoms with Crippen LogP contribution in [0.1, 0.15) is 77.1 Å². The van der Waals surface area contributed by atoms with Crippen molar-refractivity contribution < 1.29 is 47.6 Å². The molecule has 4 aromatic rings. The number of hydrogen-bond acceptors (Lipinski definition) is 12. The summed E-state index contributed by atoms with van der Waals surface area (Å²) in [6.07, 6.45) is 5.26. The summed E-state index contributed by atoms with van der Waals surface area (Å²) in [6.45, 7) is 9.91. The number of carbonyl (C=O) groups is 4. The molecule has 18 nitrogen and oxygen atoms in total. The number of likely N-dealkylation sites (tertiary alicyclic amines) is 2. The number of imidazole rings is 2. The highest BCUT2D eigenvalue weighted by molar-refractivity contribution is 5.87. The van der Waals surface area contributed by atoms with E-state index in [2.05, 4.69) is 20.6 Å². The summed E-state index contributed by atoms with van der Waals surface area (Å²) in [4.78, 5) is 71.6.